The lowest BCUT2D eigenvalue weighted by Crippen LogP contribution is -2.27. The molecule has 1 N–H and O–H groups in total. The van der Waals surface area contributed by atoms with E-state index in [1.54, 1.807) is 18.9 Å². The van der Waals surface area contributed by atoms with E-state index in [-0.39, 0.29) is 17.2 Å². The summed E-state index contributed by atoms with van der Waals surface area (Å²) < 4.78 is 5.15. The Labute approximate surface area is 186 Å². The standard InChI is InChI=1S/C25H24N2O3S/c1-30-22-13-7-18(8-14-22)15-26-24(29)20-9-11-21(12-10-20)25-27(23(28)17-31-25)16-19-5-3-2-4-6-19/h2-14,25H,15-17H2,1H3,(H,26,29). The molecule has 1 unspecified atom stereocenters. The maximum Gasteiger partial charge on any atom is 0.251 e. The van der Waals surface area contributed by atoms with Gasteiger partial charge in [0.15, 0.2) is 0 Å². The van der Waals surface area contributed by atoms with Gasteiger partial charge in [-0.2, -0.15) is 0 Å². The summed E-state index contributed by atoms with van der Waals surface area (Å²) in [5.41, 5.74) is 3.74. The lowest BCUT2D eigenvalue weighted by Gasteiger charge is -2.24. The Kier molecular flexibility index (Phi) is 6.57. The molecule has 1 fully saturated rings. The third-order valence-electron chi connectivity index (χ3n) is 5.23. The fraction of sp³-hybridized carbons (Fsp3) is 0.200. The molecule has 1 aliphatic heterocycles. The number of carbonyl (C=O) groups is 2. The molecule has 0 spiro atoms. The highest BCUT2D eigenvalue weighted by Crippen LogP contribution is 2.39. The summed E-state index contributed by atoms with van der Waals surface area (Å²) in [5.74, 6) is 1.27. The molecule has 0 aliphatic carbocycles. The average molecular weight is 433 g/mol. The summed E-state index contributed by atoms with van der Waals surface area (Å²) >= 11 is 1.62. The van der Waals surface area contributed by atoms with E-state index in [9.17, 15) is 9.59 Å². The number of methoxy groups -OCH3 is 1. The first-order chi connectivity index (χ1) is 15.1. The van der Waals surface area contributed by atoms with E-state index in [4.69, 9.17) is 4.74 Å². The third-order valence-corrected chi connectivity index (χ3v) is 6.49. The normalized spacial score (nSPS) is 15.7. The first-order valence-electron chi connectivity index (χ1n) is 10.1. The number of thioether (sulfide) groups is 1. The van der Waals surface area contributed by atoms with E-state index in [0.29, 0.717) is 24.4 Å². The third kappa shape index (κ3) is 5.09. The van der Waals surface area contributed by atoms with Crippen LogP contribution in [0.15, 0.2) is 78.9 Å². The van der Waals surface area contributed by atoms with Gasteiger partial charge in [-0.1, -0.05) is 54.6 Å². The molecule has 31 heavy (non-hydrogen) atoms. The smallest absolute Gasteiger partial charge is 0.251 e. The van der Waals surface area contributed by atoms with Crippen LogP contribution in [0, 0.1) is 0 Å². The predicted octanol–water partition coefficient (Wildman–Crippen LogP) is 4.40. The first kappa shape index (κ1) is 21.0. The van der Waals surface area contributed by atoms with Crippen molar-refractivity contribution in [2.24, 2.45) is 0 Å². The van der Waals surface area contributed by atoms with Crippen LogP contribution < -0.4 is 10.1 Å². The minimum Gasteiger partial charge on any atom is -0.497 e. The van der Waals surface area contributed by atoms with Crippen molar-refractivity contribution in [2.45, 2.75) is 18.5 Å². The van der Waals surface area contributed by atoms with Crippen molar-refractivity contribution >= 4 is 23.6 Å². The van der Waals surface area contributed by atoms with Gasteiger partial charge < -0.3 is 15.0 Å². The second kappa shape index (κ2) is 9.71. The molecular formula is C25H24N2O3S. The van der Waals surface area contributed by atoms with Crippen LogP contribution in [-0.2, 0) is 17.9 Å². The summed E-state index contributed by atoms with van der Waals surface area (Å²) in [5, 5.41) is 2.90. The SMILES string of the molecule is COc1ccc(CNC(=O)c2ccc(C3SCC(=O)N3Cc3ccccc3)cc2)cc1. The van der Waals surface area contributed by atoms with Crippen molar-refractivity contribution in [3.63, 3.8) is 0 Å². The summed E-state index contributed by atoms with van der Waals surface area (Å²) in [7, 11) is 1.63. The van der Waals surface area contributed by atoms with E-state index in [2.05, 4.69) is 5.32 Å². The highest BCUT2D eigenvalue weighted by Gasteiger charge is 2.32. The Bertz CT molecular complexity index is 1040. The molecule has 158 valence electrons. The Hall–Kier alpha value is -3.25. The van der Waals surface area contributed by atoms with Crippen LogP contribution in [-0.4, -0.2) is 29.6 Å². The number of hydrogen-bond acceptors (Lipinski definition) is 4. The fourth-order valence-corrected chi connectivity index (χ4v) is 4.70. The second-order valence-electron chi connectivity index (χ2n) is 7.32. The second-order valence-corrected chi connectivity index (χ2v) is 8.39. The zero-order valence-corrected chi connectivity index (χ0v) is 18.1. The molecule has 3 aromatic carbocycles. The van der Waals surface area contributed by atoms with Gasteiger partial charge in [-0.3, -0.25) is 9.59 Å². The quantitative estimate of drug-likeness (QED) is 0.601. The monoisotopic (exact) mass is 432 g/mol. The molecule has 1 aliphatic rings. The van der Waals surface area contributed by atoms with Gasteiger partial charge in [0, 0.05) is 18.7 Å². The largest absolute Gasteiger partial charge is 0.497 e. The number of rotatable bonds is 7. The van der Waals surface area contributed by atoms with E-state index >= 15 is 0 Å². The number of nitrogens with one attached hydrogen (secondary N) is 1. The van der Waals surface area contributed by atoms with Crippen LogP contribution in [0.3, 0.4) is 0 Å². The fourth-order valence-electron chi connectivity index (χ4n) is 3.51. The molecule has 0 bridgehead atoms. The Balaban J connectivity index is 1.39. The number of ether oxygens (including phenoxy) is 1. The lowest BCUT2D eigenvalue weighted by molar-refractivity contribution is -0.128. The van der Waals surface area contributed by atoms with Crippen molar-refractivity contribution in [3.05, 3.63) is 101 Å². The summed E-state index contributed by atoms with van der Waals surface area (Å²) in [6.07, 6.45) is 0. The number of amides is 2. The van der Waals surface area contributed by atoms with Crippen molar-refractivity contribution in [2.75, 3.05) is 12.9 Å². The highest BCUT2D eigenvalue weighted by molar-refractivity contribution is 8.00. The Morgan fingerprint density at radius 2 is 1.71 bits per heavy atom. The van der Waals surface area contributed by atoms with E-state index < -0.39 is 0 Å². The van der Waals surface area contributed by atoms with Crippen LogP contribution >= 0.6 is 11.8 Å². The van der Waals surface area contributed by atoms with Crippen LogP contribution in [0.25, 0.3) is 0 Å². The molecule has 2 amide bonds. The molecule has 0 aromatic heterocycles. The van der Waals surface area contributed by atoms with E-state index in [0.717, 1.165) is 22.4 Å². The van der Waals surface area contributed by atoms with Gasteiger partial charge in [-0.25, -0.2) is 0 Å². The number of hydrogen-bond donors (Lipinski definition) is 1. The van der Waals surface area contributed by atoms with Gasteiger partial charge in [0.1, 0.15) is 11.1 Å². The Morgan fingerprint density at radius 1 is 1.00 bits per heavy atom. The van der Waals surface area contributed by atoms with Gasteiger partial charge in [-0.15, -0.1) is 11.8 Å². The summed E-state index contributed by atoms with van der Waals surface area (Å²) in [6, 6.07) is 25.1. The van der Waals surface area contributed by atoms with Gasteiger partial charge in [-0.05, 0) is 41.0 Å². The molecular weight excluding hydrogens is 408 g/mol. The lowest BCUT2D eigenvalue weighted by atomic mass is 10.1. The number of benzene rings is 3. The molecule has 0 radical (unpaired) electrons. The van der Waals surface area contributed by atoms with Crippen molar-refractivity contribution < 1.29 is 14.3 Å². The summed E-state index contributed by atoms with van der Waals surface area (Å²) in [4.78, 5) is 26.9. The maximum atomic E-state index is 12.5. The molecule has 1 saturated heterocycles. The molecule has 5 nitrogen and oxygen atoms in total. The minimum absolute atomic E-state index is 0.0379. The van der Waals surface area contributed by atoms with Crippen LogP contribution in [0.2, 0.25) is 0 Å². The van der Waals surface area contributed by atoms with Crippen molar-refractivity contribution in [1.82, 2.24) is 10.2 Å². The van der Waals surface area contributed by atoms with Crippen LogP contribution in [0.1, 0.15) is 32.4 Å². The van der Waals surface area contributed by atoms with Crippen molar-refractivity contribution in [1.29, 1.82) is 0 Å². The molecule has 6 heteroatoms. The van der Waals surface area contributed by atoms with Crippen LogP contribution in [0.4, 0.5) is 0 Å². The highest BCUT2D eigenvalue weighted by atomic mass is 32.2. The van der Waals surface area contributed by atoms with Crippen molar-refractivity contribution in [3.8, 4) is 5.75 Å². The van der Waals surface area contributed by atoms with Gasteiger partial charge in [0.25, 0.3) is 5.91 Å². The van der Waals surface area contributed by atoms with Gasteiger partial charge in [0.05, 0.1) is 12.9 Å². The summed E-state index contributed by atoms with van der Waals surface area (Å²) in [6.45, 7) is 1.03. The Morgan fingerprint density at radius 3 is 2.39 bits per heavy atom. The van der Waals surface area contributed by atoms with E-state index in [1.165, 1.54) is 0 Å². The molecule has 0 saturated carbocycles. The molecule has 3 aromatic rings. The average Bonchev–Trinajstić information content (AvgIpc) is 3.18. The predicted molar refractivity (Wildman–Crippen MR) is 123 cm³/mol. The topological polar surface area (TPSA) is 58.6 Å². The number of carbonyl (C=O) groups excluding carboxylic acids is 2. The van der Waals surface area contributed by atoms with Gasteiger partial charge in [0.2, 0.25) is 5.91 Å². The van der Waals surface area contributed by atoms with Crippen LogP contribution in [0.5, 0.6) is 5.75 Å². The van der Waals surface area contributed by atoms with E-state index in [1.807, 2.05) is 83.8 Å². The van der Waals surface area contributed by atoms with Gasteiger partial charge >= 0.3 is 0 Å². The zero-order chi connectivity index (χ0) is 21.6. The molecule has 1 heterocycles. The maximum absolute atomic E-state index is 12.5. The zero-order valence-electron chi connectivity index (χ0n) is 17.3. The number of nitrogens with zero attached hydrogens (tertiary/aromatic N) is 1. The molecule has 1 atom stereocenters. The molecule has 4 rings (SSSR count). The first-order valence-corrected chi connectivity index (χ1v) is 11.1. The minimum atomic E-state index is -0.126.